The lowest BCUT2D eigenvalue weighted by atomic mass is 10.1. The normalized spacial score (nSPS) is 16.7. The Hall–Kier alpha value is -1.77. The van der Waals surface area contributed by atoms with Crippen molar-refractivity contribution < 1.29 is 22.7 Å². The van der Waals surface area contributed by atoms with Crippen LogP contribution in [0.3, 0.4) is 0 Å². The molecule has 140 valence electrons. The van der Waals surface area contributed by atoms with Gasteiger partial charge in [-0.3, -0.25) is 0 Å². The average Bonchev–Trinajstić information content (AvgIpc) is 2.47. The summed E-state index contributed by atoms with van der Waals surface area (Å²) < 4.78 is 43.0. The van der Waals surface area contributed by atoms with Crippen LogP contribution in [0.15, 0.2) is 6.07 Å². The van der Waals surface area contributed by atoms with Crippen LogP contribution in [0.1, 0.15) is 39.3 Å². The average molecular weight is 381 g/mol. The fourth-order valence-electron chi connectivity index (χ4n) is 2.33. The molecule has 0 unspecified atom stereocenters. The number of carbonyl (C=O) groups excluding carboxylic acids is 1. The van der Waals surface area contributed by atoms with Gasteiger partial charge in [-0.2, -0.15) is 13.2 Å². The number of alkyl halides is 3. The van der Waals surface area contributed by atoms with Crippen molar-refractivity contribution >= 4 is 23.5 Å². The lowest BCUT2D eigenvalue weighted by Gasteiger charge is -2.33. The van der Waals surface area contributed by atoms with Crippen LogP contribution in [-0.2, 0) is 10.9 Å². The van der Waals surface area contributed by atoms with Gasteiger partial charge < -0.3 is 15.0 Å². The second-order valence-electron chi connectivity index (χ2n) is 6.81. The Labute approximate surface area is 148 Å². The summed E-state index contributed by atoms with van der Waals surface area (Å²) in [7, 11) is 0. The van der Waals surface area contributed by atoms with Crippen molar-refractivity contribution in [2.45, 2.75) is 51.4 Å². The molecule has 6 nitrogen and oxygen atoms in total. The number of hydrogen-bond acceptors (Lipinski definition) is 5. The summed E-state index contributed by atoms with van der Waals surface area (Å²) in [5.41, 5.74) is -1.70. The summed E-state index contributed by atoms with van der Waals surface area (Å²) >= 11 is 5.86. The Morgan fingerprint density at radius 1 is 1.28 bits per heavy atom. The molecule has 1 aliphatic rings. The van der Waals surface area contributed by atoms with Crippen molar-refractivity contribution in [3.63, 3.8) is 0 Å². The Morgan fingerprint density at radius 3 is 2.36 bits per heavy atom. The van der Waals surface area contributed by atoms with Crippen LogP contribution >= 0.6 is 11.6 Å². The van der Waals surface area contributed by atoms with Gasteiger partial charge in [-0.15, -0.1) is 10.2 Å². The molecule has 0 aliphatic carbocycles. The molecule has 0 saturated carbocycles. The highest BCUT2D eigenvalue weighted by atomic mass is 35.5. The second-order valence-corrected chi connectivity index (χ2v) is 7.22. The quantitative estimate of drug-likeness (QED) is 0.841. The number of halogens is 4. The van der Waals surface area contributed by atoms with E-state index < -0.39 is 17.5 Å². The van der Waals surface area contributed by atoms with E-state index in [4.69, 9.17) is 16.3 Å². The predicted molar refractivity (Wildman–Crippen MR) is 86.5 cm³/mol. The first-order valence-corrected chi connectivity index (χ1v) is 8.18. The molecular formula is C15H20ClF3N4O2. The van der Waals surface area contributed by atoms with Crippen LogP contribution in [-0.4, -0.2) is 45.9 Å². The summed E-state index contributed by atoms with van der Waals surface area (Å²) in [5.74, 6) is 0.102. The molecule has 10 heteroatoms. The van der Waals surface area contributed by atoms with E-state index in [9.17, 15) is 18.0 Å². The van der Waals surface area contributed by atoms with Crippen molar-refractivity contribution in [2.75, 3.05) is 18.4 Å². The number of aromatic nitrogens is 2. The first-order valence-electron chi connectivity index (χ1n) is 7.80. The first kappa shape index (κ1) is 19.6. The smallest absolute Gasteiger partial charge is 0.435 e. The van der Waals surface area contributed by atoms with Crippen LogP contribution in [0.5, 0.6) is 0 Å². The summed E-state index contributed by atoms with van der Waals surface area (Å²) in [6.07, 6.45) is -3.77. The molecule has 0 atom stereocenters. The number of likely N-dealkylation sites (tertiary alicyclic amines) is 1. The maximum absolute atomic E-state index is 12.6. The van der Waals surface area contributed by atoms with Crippen LogP contribution in [0.25, 0.3) is 0 Å². The summed E-state index contributed by atoms with van der Waals surface area (Å²) in [5, 5.41) is 9.52. The molecule has 1 amide bonds. The number of carbonyl (C=O) groups is 1. The molecule has 1 aromatic heterocycles. The van der Waals surface area contributed by atoms with Crippen LogP contribution < -0.4 is 5.32 Å². The van der Waals surface area contributed by atoms with Gasteiger partial charge in [0.1, 0.15) is 5.60 Å². The zero-order chi connectivity index (χ0) is 18.8. The lowest BCUT2D eigenvalue weighted by molar-refractivity contribution is -0.141. The van der Waals surface area contributed by atoms with Crippen molar-refractivity contribution in [1.29, 1.82) is 0 Å². The molecule has 2 heterocycles. The van der Waals surface area contributed by atoms with Gasteiger partial charge in [-0.1, -0.05) is 11.6 Å². The Bertz CT molecular complexity index is 626. The highest BCUT2D eigenvalue weighted by molar-refractivity contribution is 6.32. The molecule has 0 radical (unpaired) electrons. The Morgan fingerprint density at radius 2 is 1.88 bits per heavy atom. The first-order chi connectivity index (χ1) is 11.5. The van der Waals surface area contributed by atoms with Gasteiger partial charge in [0.05, 0.1) is 5.02 Å². The van der Waals surface area contributed by atoms with Crippen LogP contribution in [0.2, 0.25) is 5.02 Å². The van der Waals surface area contributed by atoms with E-state index in [1.165, 1.54) is 0 Å². The van der Waals surface area contributed by atoms with Crippen molar-refractivity contribution in [3.8, 4) is 0 Å². The van der Waals surface area contributed by atoms with E-state index in [0.717, 1.165) is 6.07 Å². The monoisotopic (exact) mass is 380 g/mol. The van der Waals surface area contributed by atoms with Gasteiger partial charge in [-0.05, 0) is 39.7 Å². The van der Waals surface area contributed by atoms with E-state index in [0.29, 0.717) is 25.9 Å². The van der Waals surface area contributed by atoms with Gasteiger partial charge in [-0.25, -0.2) is 4.79 Å². The molecule has 2 rings (SSSR count). The topological polar surface area (TPSA) is 67.3 Å². The fraction of sp³-hybridized carbons (Fsp3) is 0.667. The van der Waals surface area contributed by atoms with Gasteiger partial charge in [0.2, 0.25) is 0 Å². The minimum absolute atomic E-state index is 0.0674. The molecule has 0 aromatic carbocycles. The largest absolute Gasteiger partial charge is 0.444 e. The predicted octanol–water partition coefficient (Wildman–Crippen LogP) is 3.96. The SMILES string of the molecule is CC(C)(C)OC(=O)N1CCC(Nc2nnc(C(F)(F)F)cc2Cl)CC1. The van der Waals surface area contributed by atoms with Gasteiger partial charge in [0, 0.05) is 19.1 Å². The summed E-state index contributed by atoms with van der Waals surface area (Å²) in [6, 6.07) is 0.675. The van der Waals surface area contributed by atoms with Crippen molar-refractivity contribution in [3.05, 3.63) is 16.8 Å². The number of nitrogens with zero attached hydrogens (tertiary/aromatic N) is 3. The van der Waals surface area contributed by atoms with E-state index in [-0.39, 0.29) is 23.0 Å². The van der Waals surface area contributed by atoms with Crippen molar-refractivity contribution in [1.82, 2.24) is 15.1 Å². The molecular weight excluding hydrogens is 361 g/mol. The fourth-order valence-corrected chi connectivity index (χ4v) is 2.53. The Balaban J connectivity index is 1.91. The zero-order valence-corrected chi connectivity index (χ0v) is 14.9. The number of ether oxygens (including phenoxy) is 1. The number of nitrogens with one attached hydrogen (secondary N) is 1. The molecule has 1 fully saturated rings. The molecule has 0 bridgehead atoms. The molecule has 25 heavy (non-hydrogen) atoms. The van der Waals surface area contributed by atoms with Crippen LogP contribution in [0.4, 0.5) is 23.8 Å². The third-order valence-electron chi connectivity index (χ3n) is 3.53. The number of hydrogen-bond donors (Lipinski definition) is 1. The molecule has 1 aliphatic heterocycles. The van der Waals surface area contributed by atoms with Crippen LogP contribution in [0, 0.1) is 0 Å². The summed E-state index contributed by atoms with van der Waals surface area (Å²) in [4.78, 5) is 13.6. The molecule has 0 spiro atoms. The Kier molecular flexibility index (Phi) is 5.65. The standard InChI is InChI=1S/C15H20ClF3N4O2/c1-14(2,3)25-13(24)23-6-4-9(5-7-23)20-12-10(16)8-11(21-22-12)15(17,18)19/h8-9H,4-7H2,1-3H3,(H,20,22). The number of anilines is 1. The van der Waals surface area contributed by atoms with Gasteiger partial charge in [0.25, 0.3) is 0 Å². The number of amides is 1. The van der Waals surface area contributed by atoms with E-state index in [1.807, 2.05) is 0 Å². The molecule has 1 saturated heterocycles. The highest BCUT2D eigenvalue weighted by Gasteiger charge is 2.34. The van der Waals surface area contributed by atoms with Gasteiger partial charge in [0.15, 0.2) is 11.5 Å². The van der Waals surface area contributed by atoms with Gasteiger partial charge >= 0.3 is 12.3 Å². The minimum atomic E-state index is -4.59. The van der Waals surface area contributed by atoms with Crippen molar-refractivity contribution in [2.24, 2.45) is 0 Å². The van der Waals surface area contributed by atoms with E-state index >= 15 is 0 Å². The summed E-state index contributed by atoms with van der Waals surface area (Å²) in [6.45, 7) is 6.33. The zero-order valence-electron chi connectivity index (χ0n) is 14.2. The minimum Gasteiger partial charge on any atom is -0.444 e. The van der Waals surface area contributed by atoms with E-state index in [1.54, 1.807) is 25.7 Å². The second kappa shape index (κ2) is 7.23. The lowest BCUT2D eigenvalue weighted by Crippen LogP contribution is -2.44. The third kappa shape index (κ3) is 5.62. The molecule has 1 aromatic rings. The highest BCUT2D eigenvalue weighted by Crippen LogP contribution is 2.31. The number of rotatable bonds is 2. The third-order valence-corrected chi connectivity index (χ3v) is 3.81. The molecule has 1 N–H and O–H groups in total. The maximum atomic E-state index is 12.6. The van der Waals surface area contributed by atoms with E-state index in [2.05, 4.69) is 15.5 Å². The maximum Gasteiger partial charge on any atom is 0.435 e. The number of piperidine rings is 1.